The highest BCUT2D eigenvalue weighted by Gasteiger charge is 2.35. The van der Waals surface area contributed by atoms with E-state index in [9.17, 15) is 24.5 Å². The van der Waals surface area contributed by atoms with Gasteiger partial charge in [0.25, 0.3) is 5.69 Å². The Labute approximate surface area is 151 Å². The van der Waals surface area contributed by atoms with E-state index in [-0.39, 0.29) is 12.2 Å². The van der Waals surface area contributed by atoms with E-state index in [1.807, 2.05) is 0 Å². The number of anilines is 1. The lowest BCUT2D eigenvalue weighted by Crippen LogP contribution is -2.41. The lowest BCUT2D eigenvalue weighted by Gasteiger charge is -2.26. The number of ether oxygens (including phenoxy) is 2. The lowest BCUT2D eigenvalue weighted by molar-refractivity contribution is -0.384. The molecule has 0 spiro atoms. The van der Waals surface area contributed by atoms with E-state index >= 15 is 0 Å². The molecule has 0 saturated heterocycles. The minimum absolute atomic E-state index is 0.0907. The van der Waals surface area contributed by atoms with Crippen LogP contribution < -0.4 is 4.90 Å². The molecule has 1 aromatic carbocycles. The van der Waals surface area contributed by atoms with Crippen molar-refractivity contribution in [2.75, 3.05) is 11.5 Å². The van der Waals surface area contributed by atoms with Gasteiger partial charge in [-0.2, -0.15) is 0 Å². The standard InChI is InChI=1S/C17H22N2O7/c1-6-10-25-15(21)12-8-7-9-13(19(23)24)14(12)18(11(2)20)16(22)26-17(3,4)5/h7-9H,6,10H2,1-5H3. The van der Waals surface area contributed by atoms with E-state index in [4.69, 9.17) is 9.47 Å². The first-order valence-electron chi connectivity index (χ1n) is 7.97. The fraction of sp³-hybridized carbons (Fsp3) is 0.471. The van der Waals surface area contributed by atoms with Crippen LogP contribution in [-0.4, -0.2) is 35.1 Å². The second-order valence-electron chi connectivity index (χ2n) is 6.40. The zero-order valence-corrected chi connectivity index (χ0v) is 15.4. The van der Waals surface area contributed by atoms with Crippen LogP contribution in [0, 0.1) is 10.1 Å². The Bertz CT molecular complexity index is 722. The molecular formula is C17H22N2O7. The van der Waals surface area contributed by atoms with Gasteiger partial charge in [-0.15, -0.1) is 0 Å². The van der Waals surface area contributed by atoms with E-state index in [0.29, 0.717) is 11.3 Å². The highest BCUT2D eigenvalue weighted by atomic mass is 16.6. The zero-order chi connectivity index (χ0) is 20.1. The molecular weight excluding hydrogens is 344 g/mol. The van der Waals surface area contributed by atoms with Crippen molar-refractivity contribution in [2.45, 2.75) is 46.6 Å². The van der Waals surface area contributed by atoms with Crippen LogP contribution in [0.4, 0.5) is 16.2 Å². The number of para-hydroxylation sites is 1. The Kier molecular flexibility index (Phi) is 6.82. The number of hydrogen-bond acceptors (Lipinski definition) is 7. The van der Waals surface area contributed by atoms with Gasteiger partial charge in [0.1, 0.15) is 11.3 Å². The van der Waals surface area contributed by atoms with Crippen LogP contribution >= 0.6 is 0 Å². The minimum Gasteiger partial charge on any atom is -0.462 e. The smallest absolute Gasteiger partial charge is 0.421 e. The Morgan fingerprint density at radius 3 is 2.31 bits per heavy atom. The second-order valence-corrected chi connectivity index (χ2v) is 6.40. The van der Waals surface area contributed by atoms with Gasteiger partial charge in [-0.3, -0.25) is 14.9 Å². The van der Waals surface area contributed by atoms with Crippen LogP contribution in [-0.2, 0) is 14.3 Å². The van der Waals surface area contributed by atoms with E-state index < -0.39 is 39.9 Å². The van der Waals surface area contributed by atoms with Gasteiger partial charge in [-0.25, -0.2) is 14.5 Å². The predicted molar refractivity (Wildman–Crippen MR) is 93.1 cm³/mol. The molecule has 1 aromatic rings. The van der Waals surface area contributed by atoms with Crippen molar-refractivity contribution >= 4 is 29.3 Å². The first-order valence-corrected chi connectivity index (χ1v) is 7.97. The fourth-order valence-corrected chi connectivity index (χ4v) is 2.04. The van der Waals surface area contributed by atoms with Crippen LogP contribution in [0.5, 0.6) is 0 Å². The number of rotatable bonds is 5. The quantitative estimate of drug-likeness (QED) is 0.445. The molecule has 1 rings (SSSR count). The Morgan fingerprint density at radius 2 is 1.85 bits per heavy atom. The summed E-state index contributed by atoms with van der Waals surface area (Å²) >= 11 is 0. The maximum Gasteiger partial charge on any atom is 0.421 e. The number of amides is 2. The summed E-state index contributed by atoms with van der Waals surface area (Å²) in [6, 6.07) is 3.62. The summed E-state index contributed by atoms with van der Waals surface area (Å²) < 4.78 is 10.2. The molecule has 0 aliphatic heterocycles. The van der Waals surface area contributed by atoms with Gasteiger partial charge < -0.3 is 9.47 Å². The molecule has 26 heavy (non-hydrogen) atoms. The molecule has 2 amide bonds. The summed E-state index contributed by atoms with van der Waals surface area (Å²) in [5.74, 6) is -1.71. The molecule has 0 aliphatic rings. The number of nitro groups is 1. The normalized spacial score (nSPS) is 10.8. The van der Waals surface area contributed by atoms with E-state index in [1.165, 1.54) is 12.1 Å². The molecule has 0 unspecified atom stereocenters. The average molecular weight is 366 g/mol. The number of nitrogens with zero attached hydrogens (tertiary/aromatic N) is 2. The summed E-state index contributed by atoms with van der Waals surface area (Å²) in [5, 5.41) is 11.4. The molecule has 142 valence electrons. The largest absolute Gasteiger partial charge is 0.462 e. The Morgan fingerprint density at radius 1 is 1.23 bits per heavy atom. The number of esters is 1. The molecule has 0 bridgehead atoms. The van der Waals surface area contributed by atoms with Crippen LogP contribution in [0.25, 0.3) is 0 Å². The topological polar surface area (TPSA) is 116 Å². The molecule has 0 heterocycles. The predicted octanol–water partition coefficient (Wildman–Crippen LogP) is 3.45. The Hall–Kier alpha value is -2.97. The molecule has 0 N–H and O–H groups in total. The van der Waals surface area contributed by atoms with E-state index in [1.54, 1.807) is 27.7 Å². The van der Waals surface area contributed by atoms with Crippen molar-refractivity contribution in [1.29, 1.82) is 0 Å². The summed E-state index contributed by atoms with van der Waals surface area (Å²) in [6.07, 6.45) is -0.581. The van der Waals surface area contributed by atoms with Crippen molar-refractivity contribution in [3.63, 3.8) is 0 Å². The second kappa shape index (κ2) is 8.41. The third kappa shape index (κ3) is 5.27. The first kappa shape index (κ1) is 21.1. The van der Waals surface area contributed by atoms with Crippen molar-refractivity contribution in [3.8, 4) is 0 Å². The molecule has 0 radical (unpaired) electrons. The monoisotopic (exact) mass is 366 g/mol. The summed E-state index contributed by atoms with van der Waals surface area (Å²) in [5.41, 5.74) is -2.27. The summed E-state index contributed by atoms with van der Waals surface area (Å²) in [6.45, 7) is 7.66. The SMILES string of the molecule is CCCOC(=O)c1cccc([N+](=O)[O-])c1N(C(C)=O)C(=O)OC(C)(C)C. The average Bonchev–Trinajstić information content (AvgIpc) is 2.50. The number of imide groups is 1. The van der Waals surface area contributed by atoms with Gasteiger partial charge >= 0.3 is 12.1 Å². The van der Waals surface area contributed by atoms with E-state index in [0.717, 1.165) is 13.0 Å². The van der Waals surface area contributed by atoms with Gasteiger partial charge in [-0.1, -0.05) is 13.0 Å². The molecule has 9 nitrogen and oxygen atoms in total. The highest BCUT2D eigenvalue weighted by molar-refractivity contribution is 6.16. The minimum atomic E-state index is -1.12. The van der Waals surface area contributed by atoms with Crippen molar-refractivity contribution in [1.82, 2.24) is 0 Å². The van der Waals surface area contributed by atoms with E-state index in [2.05, 4.69) is 0 Å². The molecule has 0 atom stereocenters. The highest BCUT2D eigenvalue weighted by Crippen LogP contribution is 2.34. The zero-order valence-electron chi connectivity index (χ0n) is 15.4. The summed E-state index contributed by atoms with van der Waals surface area (Å²) in [7, 11) is 0. The molecule has 9 heteroatoms. The van der Waals surface area contributed by atoms with Gasteiger partial charge in [0.05, 0.1) is 17.1 Å². The number of hydrogen-bond donors (Lipinski definition) is 0. The lowest BCUT2D eigenvalue weighted by atomic mass is 10.1. The number of nitro benzene ring substituents is 1. The number of carbonyl (C=O) groups is 3. The maximum atomic E-state index is 12.5. The molecule has 0 aliphatic carbocycles. The number of benzene rings is 1. The van der Waals surface area contributed by atoms with Gasteiger partial charge in [0.15, 0.2) is 0 Å². The first-order chi connectivity index (χ1) is 12.0. The van der Waals surface area contributed by atoms with Crippen molar-refractivity contribution in [3.05, 3.63) is 33.9 Å². The number of carbonyl (C=O) groups excluding carboxylic acids is 3. The maximum absolute atomic E-state index is 12.5. The van der Waals surface area contributed by atoms with Crippen molar-refractivity contribution in [2.24, 2.45) is 0 Å². The van der Waals surface area contributed by atoms with Gasteiger partial charge in [0.2, 0.25) is 5.91 Å². The van der Waals surface area contributed by atoms with Gasteiger partial charge in [-0.05, 0) is 33.3 Å². The molecule has 0 fully saturated rings. The fourth-order valence-electron chi connectivity index (χ4n) is 2.04. The summed E-state index contributed by atoms with van der Waals surface area (Å²) in [4.78, 5) is 48.0. The van der Waals surface area contributed by atoms with Crippen molar-refractivity contribution < 1.29 is 28.8 Å². The van der Waals surface area contributed by atoms with Crippen LogP contribution in [0.2, 0.25) is 0 Å². The van der Waals surface area contributed by atoms with Crippen LogP contribution in [0.1, 0.15) is 51.4 Å². The Balaban J connectivity index is 3.57. The van der Waals surface area contributed by atoms with Crippen LogP contribution in [0.15, 0.2) is 18.2 Å². The third-order valence-electron chi connectivity index (χ3n) is 2.98. The molecule has 0 saturated carbocycles. The third-order valence-corrected chi connectivity index (χ3v) is 2.98. The van der Waals surface area contributed by atoms with Gasteiger partial charge in [0, 0.05) is 13.0 Å². The van der Waals surface area contributed by atoms with Crippen LogP contribution in [0.3, 0.4) is 0 Å². The molecule has 0 aromatic heterocycles.